The van der Waals surface area contributed by atoms with Gasteiger partial charge in [0.05, 0.1) is 0 Å². The van der Waals surface area contributed by atoms with Crippen LogP contribution in [0.5, 0.6) is 0 Å². The van der Waals surface area contributed by atoms with Crippen molar-refractivity contribution in [2.45, 2.75) is 19.9 Å². The summed E-state index contributed by atoms with van der Waals surface area (Å²) >= 11 is 0. The van der Waals surface area contributed by atoms with Gasteiger partial charge >= 0.3 is 5.97 Å². The minimum Gasteiger partial charge on any atom is -0.478 e. The van der Waals surface area contributed by atoms with Crippen LogP contribution in [0.2, 0.25) is 0 Å². The maximum Gasteiger partial charge on any atom is 0.328 e. The molecule has 4 heteroatoms. The summed E-state index contributed by atoms with van der Waals surface area (Å²) in [6.45, 7) is 9.39. The maximum atomic E-state index is 10.3. The molecule has 0 radical (unpaired) electrons. The number of carboxylic acid groups (broad SMARTS) is 1. The van der Waals surface area contributed by atoms with Gasteiger partial charge in [-0.1, -0.05) is 6.08 Å². The van der Waals surface area contributed by atoms with Crippen molar-refractivity contribution >= 4 is 5.97 Å². The third-order valence-corrected chi connectivity index (χ3v) is 2.76. The Balaban J connectivity index is 2.23. The lowest BCUT2D eigenvalue weighted by Crippen LogP contribution is -2.48. The molecule has 0 aromatic carbocycles. The van der Waals surface area contributed by atoms with Crippen LogP contribution in [-0.2, 0) is 4.79 Å². The van der Waals surface area contributed by atoms with Crippen LogP contribution in [-0.4, -0.2) is 59.6 Å². The molecule has 0 atom stereocenters. The van der Waals surface area contributed by atoms with Crippen LogP contribution in [0.4, 0.5) is 0 Å². The lowest BCUT2D eigenvalue weighted by molar-refractivity contribution is -0.131. The Morgan fingerprint density at radius 2 is 1.93 bits per heavy atom. The van der Waals surface area contributed by atoms with Gasteiger partial charge in [-0.3, -0.25) is 9.80 Å². The van der Waals surface area contributed by atoms with Gasteiger partial charge in [-0.15, -0.1) is 0 Å². The summed E-state index contributed by atoms with van der Waals surface area (Å²) in [6.07, 6.45) is 2.93. The molecule has 1 saturated heterocycles. The number of aliphatic carboxylic acids is 1. The van der Waals surface area contributed by atoms with Gasteiger partial charge in [-0.2, -0.15) is 0 Å². The molecule has 15 heavy (non-hydrogen) atoms. The Hall–Kier alpha value is -0.870. The van der Waals surface area contributed by atoms with Crippen molar-refractivity contribution in [2.75, 3.05) is 32.7 Å². The molecule has 0 aromatic heterocycles. The first-order valence-electron chi connectivity index (χ1n) is 5.45. The molecule has 1 aliphatic rings. The first kappa shape index (κ1) is 12.2. The minimum absolute atomic E-state index is 0.613. The highest BCUT2D eigenvalue weighted by atomic mass is 16.4. The van der Waals surface area contributed by atoms with E-state index in [0.29, 0.717) is 6.04 Å². The molecule has 0 aliphatic carbocycles. The second kappa shape index (κ2) is 5.88. The number of nitrogens with zero attached hydrogens (tertiary/aromatic N) is 2. The summed E-state index contributed by atoms with van der Waals surface area (Å²) in [7, 11) is 0. The minimum atomic E-state index is -0.865. The number of hydrogen-bond acceptors (Lipinski definition) is 3. The molecule has 1 rings (SSSR count). The maximum absolute atomic E-state index is 10.3. The van der Waals surface area contributed by atoms with Crippen LogP contribution in [0, 0.1) is 0 Å². The van der Waals surface area contributed by atoms with E-state index >= 15 is 0 Å². The smallest absolute Gasteiger partial charge is 0.328 e. The van der Waals surface area contributed by atoms with E-state index in [1.165, 1.54) is 6.08 Å². The van der Waals surface area contributed by atoms with Crippen molar-refractivity contribution < 1.29 is 9.90 Å². The predicted molar refractivity (Wildman–Crippen MR) is 59.9 cm³/mol. The molecule has 1 N–H and O–H groups in total. The van der Waals surface area contributed by atoms with Crippen molar-refractivity contribution in [1.82, 2.24) is 9.80 Å². The fourth-order valence-electron chi connectivity index (χ4n) is 1.76. The molecule has 1 heterocycles. The molecule has 1 aliphatic heterocycles. The summed E-state index contributed by atoms with van der Waals surface area (Å²) in [5.74, 6) is -0.865. The Kier molecular flexibility index (Phi) is 4.78. The summed E-state index contributed by atoms with van der Waals surface area (Å²) in [6, 6.07) is 0.613. The van der Waals surface area contributed by atoms with Crippen LogP contribution in [0.3, 0.4) is 0 Å². The highest BCUT2D eigenvalue weighted by molar-refractivity contribution is 5.79. The summed E-state index contributed by atoms with van der Waals surface area (Å²) in [5, 5.41) is 8.44. The predicted octanol–water partition coefficient (Wildman–Crippen LogP) is 0.653. The van der Waals surface area contributed by atoms with Crippen molar-refractivity contribution in [3.05, 3.63) is 12.2 Å². The zero-order valence-electron chi connectivity index (χ0n) is 9.52. The van der Waals surface area contributed by atoms with Gasteiger partial charge in [-0.05, 0) is 13.8 Å². The van der Waals surface area contributed by atoms with Crippen LogP contribution in [0.25, 0.3) is 0 Å². The van der Waals surface area contributed by atoms with Crippen LogP contribution in [0.1, 0.15) is 13.8 Å². The van der Waals surface area contributed by atoms with Gasteiger partial charge in [0, 0.05) is 44.8 Å². The Bertz CT molecular complexity index is 231. The van der Waals surface area contributed by atoms with E-state index in [-0.39, 0.29) is 0 Å². The summed E-state index contributed by atoms with van der Waals surface area (Å²) in [4.78, 5) is 15.0. The molecule has 1 fully saturated rings. The van der Waals surface area contributed by atoms with E-state index < -0.39 is 5.97 Å². The summed E-state index contributed by atoms with van der Waals surface area (Å²) < 4.78 is 0. The zero-order valence-corrected chi connectivity index (χ0v) is 9.52. The fraction of sp³-hybridized carbons (Fsp3) is 0.727. The van der Waals surface area contributed by atoms with Crippen LogP contribution < -0.4 is 0 Å². The Morgan fingerprint density at radius 1 is 1.33 bits per heavy atom. The highest BCUT2D eigenvalue weighted by Crippen LogP contribution is 2.05. The molecule has 4 nitrogen and oxygen atoms in total. The lowest BCUT2D eigenvalue weighted by Gasteiger charge is -2.36. The second-order valence-electron chi connectivity index (χ2n) is 4.17. The number of carboxylic acids is 1. The van der Waals surface area contributed by atoms with Gasteiger partial charge in [0.2, 0.25) is 0 Å². The molecule has 0 unspecified atom stereocenters. The Morgan fingerprint density at radius 3 is 2.40 bits per heavy atom. The first-order chi connectivity index (χ1) is 7.09. The summed E-state index contributed by atoms with van der Waals surface area (Å²) in [5.41, 5.74) is 0. The molecule has 0 spiro atoms. The van der Waals surface area contributed by atoms with Gasteiger partial charge in [-0.25, -0.2) is 4.79 Å². The zero-order chi connectivity index (χ0) is 11.3. The number of carbonyl (C=O) groups is 1. The van der Waals surface area contributed by atoms with E-state index in [4.69, 9.17) is 5.11 Å². The van der Waals surface area contributed by atoms with E-state index in [0.717, 1.165) is 32.7 Å². The first-order valence-corrected chi connectivity index (χ1v) is 5.45. The van der Waals surface area contributed by atoms with Crippen molar-refractivity contribution in [3.63, 3.8) is 0 Å². The number of hydrogen-bond donors (Lipinski definition) is 1. The van der Waals surface area contributed by atoms with Crippen molar-refractivity contribution in [1.29, 1.82) is 0 Å². The molecular weight excluding hydrogens is 192 g/mol. The fourth-order valence-corrected chi connectivity index (χ4v) is 1.76. The molecule has 0 saturated carbocycles. The molecule has 0 bridgehead atoms. The third kappa shape index (κ3) is 4.44. The molecule has 86 valence electrons. The standard InChI is InChI=1S/C11H20N2O2/c1-10(2)13-8-6-12(7-9-13)5-3-4-11(14)15/h3-4,10H,5-9H2,1-2H3,(H,14,15). The van der Waals surface area contributed by atoms with Gasteiger partial charge < -0.3 is 5.11 Å². The van der Waals surface area contributed by atoms with Gasteiger partial charge in [0.15, 0.2) is 0 Å². The monoisotopic (exact) mass is 212 g/mol. The normalized spacial score (nSPS) is 20.2. The molecule has 0 amide bonds. The van der Waals surface area contributed by atoms with E-state index in [9.17, 15) is 4.79 Å². The van der Waals surface area contributed by atoms with Crippen molar-refractivity contribution in [3.8, 4) is 0 Å². The number of rotatable bonds is 4. The van der Waals surface area contributed by atoms with E-state index in [1.54, 1.807) is 6.08 Å². The molecule has 0 aromatic rings. The Labute approximate surface area is 91.2 Å². The highest BCUT2D eigenvalue weighted by Gasteiger charge is 2.17. The SMILES string of the molecule is CC(C)N1CCN(CC=CC(=O)O)CC1. The average Bonchev–Trinajstić information content (AvgIpc) is 2.18. The van der Waals surface area contributed by atoms with Crippen LogP contribution >= 0.6 is 0 Å². The second-order valence-corrected chi connectivity index (χ2v) is 4.17. The third-order valence-electron chi connectivity index (χ3n) is 2.76. The number of piperazine rings is 1. The van der Waals surface area contributed by atoms with Crippen molar-refractivity contribution in [2.24, 2.45) is 0 Å². The quantitative estimate of drug-likeness (QED) is 0.695. The van der Waals surface area contributed by atoms with E-state index in [2.05, 4.69) is 23.6 Å². The largest absolute Gasteiger partial charge is 0.478 e. The topological polar surface area (TPSA) is 43.8 Å². The average molecular weight is 212 g/mol. The lowest BCUT2D eigenvalue weighted by atomic mass is 10.2. The van der Waals surface area contributed by atoms with Gasteiger partial charge in [0.25, 0.3) is 0 Å². The molecular formula is C11H20N2O2. The van der Waals surface area contributed by atoms with Crippen LogP contribution in [0.15, 0.2) is 12.2 Å². The van der Waals surface area contributed by atoms with Gasteiger partial charge in [0.1, 0.15) is 0 Å². The van der Waals surface area contributed by atoms with E-state index in [1.807, 2.05) is 0 Å².